The molecule has 5 nitrogen and oxygen atoms in total. The molecule has 2 rings (SSSR count). The molecule has 0 spiro atoms. The fourth-order valence-corrected chi connectivity index (χ4v) is 3.76. The van der Waals surface area contributed by atoms with Crippen LogP contribution in [0, 0.1) is 20.8 Å². The zero-order valence-corrected chi connectivity index (χ0v) is 16.7. The summed E-state index contributed by atoms with van der Waals surface area (Å²) in [5.74, 6) is -0.595. The Morgan fingerprint density at radius 1 is 1.07 bits per heavy atom. The van der Waals surface area contributed by atoms with E-state index < -0.39 is 39.1 Å². The Morgan fingerprint density at radius 3 is 2.32 bits per heavy atom. The number of hydrogen-bond donors (Lipinski definition) is 1. The smallest absolute Gasteiger partial charge is 0.325 e. The van der Waals surface area contributed by atoms with Gasteiger partial charge in [-0.15, -0.1) is 0 Å². The molecule has 0 bridgehead atoms. The van der Waals surface area contributed by atoms with Crippen molar-refractivity contribution < 1.29 is 26.4 Å². The lowest BCUT2D eigenvalue weighted by molar-refractivity contribution is -0.138. The maximum Gasteiger partial charge on any atom is 0.416 e. The number of aryl methyl sites for hydroxylation is 2. The number of carbonyl (C=O) groups is 1. The monoisotopic (exact) mass is 414 g/mol. The van der Waals surface area contributed by atoms with E-state index in [0.717, 1.165) is 34.6 Å². The molecule has 2 aromatic rings. The van der Waals surface area contributed by atoms with E-state index in [1.807, 2.05) is 19.9 Å². The number of hydrogen-bond acceptors (Lipinski definition) is 3. The van der Waals surface area contributed by atoms with E-state index in [1.165, 1.54) is 6.92 Å². The average molecular weight is 414 g/mol. The zero-order chi connectivity index (χ0) is 21.3. The molecule has 0 heterocycles. The minimum Gasteiger partial charge on any atom is -0.325 e. The molecule has 0 saturated heterocycles. The van der Waals surface area contributed by atoms with Gasteiger partial charge in [0, 0.05) is 12.7 Å². The van der Waals surface area contributed by atoms with Crippen molar-refractivity contribution in [1.82, 2.24) is 4.31 Å². The molecule has 0 unspecified atom stereocenters. The Kier molecular flexibility index (Phi) is 6.20. The van der Waals surface area contributed by atoms with Crippen LogP contribution in [0.2, 0.25) is 0 Å². The molecule has 0 aromatic heterocycles. The molecular weight excluding hydrogens is 393 g/mol. The Balaban J connectivity index is 2.22. The highest BCUT2D eigenvalue weighted by molar-refractivity contribution is 7.89. The topological polar surface area (TPSA) is 66.5 Å². The number of nitrogens with one attached hydrogen (secondary N) is 1. The number of likely N-dealkylation sites (N-methyl/N-ethyl adjacent to an activating group) is 1. The Bertz CT molecular complexity index is 1000. The number of nitrogens with zero attached hydrogens (tertiary/aromatic N) is 1. The number of sulfonamides is 1. The van der Waals surface area contributed by atoms with Gasteiger partial charge in [-0.25, -0.2) is 8.42 Å². The van der Waals surface area contributed by atoms with Gasteiger partial charge in [0.1, 0.15) is 0 Å². The second-order valence-electron chi connectivity index (χ2n) is 6.53. The van der Waals surface area contributed by atoms with Gasteiger partial charge in [-0.05, 0) is 55.7 Å². The van der Waals surface area contributed by atoms with Crippen LogP contribution in [0.3, 0.4) is 0 Å². The lowest BCUT2D eigenvalue weighted by atomic mass is 10.1. The van der Waals surface area contributed by atoms with Gasteiger partial charge in [0.05, 0.1) is 17.0 Å². The van der Waals surface area contributed by atoms with E-state index in [9.17, 15) is 26.4 Å². The van der Waals surface area contributed by atoms with Gasteiger partial charge in [0.25, 0.3) is 0 Å². The quantitative estimate of drug-likeness (QED) is 0.807. The van der Waals surface area contributed by atoms with Crippen LogP contribution < -0.4 is 5.32 Å². The van der Waals surface area contributed by atoms with Crippen molar-refractivity contribution >= 4 is 21.6 Å². The van der Waals surface area contributed by atoms with Gasteiger partial charge in [-0.2, -0.15) is 17.5 Å². The van der Waals surface area contributed by atoms with E-state index >= 15 is 0 Å². The van der Waals surface area contributed by atoms with Crippen LogP contribution in [-0.4, -0.2) is 32.2 Å². The van der Waals surface area contributed by atoms with Crippen molar-refractivity contribution in [3.05, 3.63) is 58.7 Å². The van der Waals surface area contributed by atoms with E-state index in [-0.39, 0.29) is 5.56 Å². The first-order valence-corrected chi connectivity index (χ1v) is 9.78. The molecule has 0 saturated carbocycles. The number of carbonyl (C=O) groups excluding carboxylic acids is 1. The van der Waals surface area contributed by atoms with Crippen LogP contribution >= 0.6 is 0 Å². The summed E-state index contributed by atoms with van der Waals surface area (Å²) in [5, 5.41) is 2.63. The van der Waals surface area contributed by atoms with Crippen molar-refractivity contribution in [2.24, 2.45) is 0 Å². The van der Waals surface area contributed by atoms with Crippen LogP contribution in [0.5, 0.6) is 0 Å². The molecule has 152 valence electrons. The lowest BCUT2D eigenvalue weighted by Gasteiger charge is -2.19. The fraction of sp³-hybridized carbons (Fsp3) is 0.316. The fourth-order valence-electron chi connectivity index (χ4n) is 2.61. The zero-order valence-electron chi connectivity index (χ0n) is 15.9. The van der Waals surface area contributed by atoms with E-state index in [2.05, 4.69) is 5.32 Å². The summed E-state index contributed by atoms with van der Waals surface area (Å²) in [6.07, 6.45) is -4.67. The molecule has 2 aromatic carbocycles. The summed E-state index contributed by atoms with van der Waals surface area (Å²) in [6.45, 7) is 4.40. The van der Waals surface area contributed by atoms with Crippen molar-refractivity contribution in [2.75, 3.05) is 18.9 Å². The summed E-state index contributed by atoms with van der Waals surface area (Å²) >= 11 is 0. The number of anilines is 1. The van der Waals surface area contributed by atoms with E-state index in [4.69, 9.17) is 0 Å². The number of benzene rings is 2. The molecule has 1 N–H and O–H groups in total. The summed E-state index contributed by atoms with van der Waals surface area (Å²) in [7, 11) is -3.13. The number of amides is 1. The average Bonchev–Trinajstić information content (AvgIpc) is 2.58. The lowest BCUT2D eigenvalue weighted by Crippen LogP contribution is -2.35. The molecule has 0 radical (unpaired) electrons. The maximum atomic E-state index is 13.1. The van der Waals surface area contributed by atoms with Crippen molar-refractivity contribution in [2.45, 2.75) is 31.8 Å². The first-order valence-electron chi connectivity index (χ1n) is 8.34. The predicted molar refractivity (Wildman–Crippen MR) is 101 cm³/mol. The van der Waals surface area contributed by atoms with Crippen LogP contribution in [0.4, 0.5) is 18.9 Å². The number of halogens is 3. The maximum absolute atomic E-state index is 13.1. The second-order valence-corrected chi connectivity index (χ2v) is 8.58. The Labute approximate surface area is 162 Å². The van der Waals surface area contributed by atoms with E-state index in [0.29, 0.717) is 11.8 Å². The third-order valence-electron chi connectivity index (χ3n) is 4.47. The van der Waals surface area contributed by atoms with Gasteiger partial charge < -0.3 is 5.32 Å². The van der Waals surface area contributed by atoms with Crippen molar-refractivity contribution in [3.8, 4) is 0 Å². The molecule has 0 aliphatic rings. The summed E-state index contributed by atoms with van der Waals surface area (Å²) in [5.41, 5.74) is 1.24. The molecule has 9 heteroatoms. The number of alkyl halides is 3. The molecule has 0 aliphatic carbocycles. The van der Waals surface area contributed by atoms with Crippen LogP contribution in [0.25, 0.3) is 0 Å². The molecular formula is C19H21F3N2O3S. The van der Waals surface area contributed by atoms with Crippen LogP contribution in [0.1, 0.15) is 22.3 Å². The SMILES string of the molecule is Cc1ccc(S(=O)(=O)N(C)CC(=O)Nc2cccc(C)c2C)cc1C(F)(F)F. The van der Waals surface area contributed by atoms with Gasteiger partial charge in [-0.1, -0.05) is 18.2 Å². The minimum absolute atomic E-state index is 0.0817. The minimum atomic E-state index is -4.67. The van der Waals surface area contributed by atoms with Crippen molar-refractivity contribution in [1.29, 1.82) is 0 Å². The molecule has 28 heavy (non-hydrogen) atoms. The number of rotatable bonds is 5. The van der Waals surface area contributed by atoms with Gasteiger partial charge in [0.2, 0.25) is 15.9 Å². The van der Waals surface area contributed by atoms with Gasteiger partial charge in [0.15, 0.2) is 0 Å². The first kappa shape index (κ1) is 21.9. The second kappa shape index (κ2) is 7.92. The molecule has 0 aliphatic heterocycles. The molecule has 0 atom stereocenters. The summed E-state index contributed by atoms with van der Waals surface area (Å²) in [6, 6.07) is 8.09. The Hall–Kier alpha value is -2.39. The highest BCUT2D eigenvalue weighted by Crippen LogP contribution is 2.33. The summed E-state index contributed by atoms with van der Waals surface area (Å²) in [4.78, 5) is 11.7. The standard InChI is InChI=1S/C19H21F3N2O3S/c1-12-6-5-7-17(14(12)3)23-18(25)11-24(4)28(26,27)15-9-8-13(2)16(10-15)19(20,21)22/h5-10H,11H2,1-4H3,(H,23,25). The highest BCUT2D eigenvalue weighted by atomic mass is 32.2. The first-order chi connectivity index (χ1) is 12.8. The largest absolute Gasteiger partial charge is 0.416 e. The predicted octanol–water partition coefficient (Wildman–Crippen LogP) is 3.89. The van der Waals surface area contributed by atoms with Crippen molar-refractivity contribution in [3.63, 3.8) is 0 Å². The third kappa shape index (κ3) is 4.71. The normalized spacial score (nSPS) is 12.3. The van der Waals surface area contributed by atoms with Crippen LogP contribution in [0.15, 0.2) is 41.3 Å². The van der Waals surface area contributed by atoms with Gasteiger partial charge >= 0.3 is 6.18 Å². The molecule has 1 amide bonds. The third-order valence-corrected chi connectivity index (χ3v) is 6.27. The highest BCUT2D eigenvalue weighted by Gasteiger charge is 2.34. The van der Waals surface area contributed by atoms with Crippen LogP contribution in [-0.2, 0) is 21.0 Å². The van der Waals surface area contributed by atoms with E-state index in [1.54, 1.807) is 12.1 Å². The molecule has 0 fully saturated rings. The van der Waals surface area contributed by atoms with Gasteiger partial charge in [-0.3, -0.25) is 4.79 Å². The Morgan fingerprint density at radius 2 is 1.71 bits per heavy atom. The summed E-state index contributed by atoms with van der Waals surface area (Å²) < 4.78 is 65.1.